The Labute approximate surface area is 150 Å². The minimum Gasteiger partial charge on any atom is -0.480 e. The molecule has 0 aliphatic carbocycles. The Morgan fingerprint density at radius 2 is 2.08 bits per heavy atom. The summed E-state index contributed by atoms with van der Waals surface area (Å²) in [5.74, 6) is -1.12. The molecule has 1 aromatic carbocycles. The highest BCUT2D eigenvalue weighted by molar-refractivity contribution is 6.35. The normalized spacial score (nSPS) is 16.8. The summed E-state index contributed by atoms with van der Waals surface area (Å²) in [5, 5.41) is 12.7. The number of hydrogen-bond acceptors (Lipinski definition) is 3. The van der Waals surface area contributed by atoms with E-state index in [0.717, 1.165) is 0 Å². The van der Waals surface area contributed by atoms with Crippen LogP contribution in [-0.2, 0) is 16.0 Å². The molecular formula is C16H20Cl2N2O4. The van der Waals surface area contributed by atoms with E-state index >= 15 is 0 Å². The molecule has 1 aromatic rings. The minimum absolute atomic E-state index is 0.0747. The first-order chi connectivity index (χ1) is 11.2. The Kier molecular flexibility index (Phi) is 5.96. The molecule has 1 heterocycles. The lowest BCUT2D eigenvalue weighted by Gasteiger charge is -2.40. The summed E-state index contributed by atoms with van der Waals surface area (Å²) in [4.78, 5) is 25.2. The Hall–Kier alpha value is -1.50. The number of nitrogens with zero attached hydrogens (tertiary/aromatic N) is 1. The van der Waals surface area contributed by atoms with Gasteiger partial charge in [-0.2, -0.15) is 0 Å². The number of amides is 2. The zero-order valence-electron chi connectivity index (χ0n) is 13.5. The van der Waals surface area contributed by atoms with Crippen molar-refractivity contribution in [3.63, 3.8) is 0 Å². The molecule has 6 nitrogen and oxygen atoms in total. The fraction of sp³-hybridized carbons (Fsp3) is 0.500. The summed E-state index contributed by atoms with van der Waals surface area (Å²) in [6.07, 6.45) is 0.0747. The molecule has 0 unspecified atom stereocenters. The Bertz CT molecular complexity index is 635. The van der Waals surface area contributed by atoms with Gasteiger partial charge in [0.2, 0.25) is 0 Å². The van der Waals surface area contributed by atoms with Gasteiger partial charge in [0.25, 0.3) is 0 Å². The van der Waals surface area contributed by atoms with Crippen LogP contribution in [0.5, 0.6) is 0 Å². The number of benzene rings is 1. The maximum atomic E-state index is 12.3. The van der Waals surface area contributed by atoms with E-state index < -0.39 is 18.0 Å². The first kappa shape index (κ1) is 18.8. The predicted molar refractivity (Wildman–Crippen MR) is 91.7 cm³/mol. The van der Waals surface area contributed by atoms with Crippen molar-refractivity contribution in [2.24, 2.45) is 5.41 Å². The van der Waals surface area contributed by atoms with Crippen molar-refractivity contribution in [3.05, 3.63) is 33.8 Å². The number of carbonyl (C=O) groups is 2. The highest BCUT2D eigenvalue weighted by atomic mass is 35.5. The van der Waals surface area contributed by atoms with Gasteiger partial charge in [-0.25, -0.2) is 9.59 Å². The largest absolute Gasteiger partial charge is 0.480 e. The standard InChI is InChI=1S/C16H20Cl2N2O4/c1-16(8-24-9-16)7-20(2)15(23)19-13(14(21)22)5-10-3-4-11(17)6-12(10)18/h3-4,6,13H,5,7-9H2,1-2H3,(H,19,23)(H,21,22)/t13-/m1/s1. The summed E-state index contributed by atoms with van der Waals surface area (Å²) in [6.45, 7) is 3.69. The number of hydrogen-bond donors (Lipinski definition) is 2. The number of rotatable bonds is 6. The van der Waals surface area contributed by atoms with Crippen LogP contribution in [0.4, 0.5) is 4.79 Å². The average molecular weight is 375 g/mol. The summed E-state index contributed by atoms with van der Waals surface area (Å²) < 4.78 is 5.16. The summed E-state index contributed by atoms with van der Waals surface area (Å²) in [6, 6.07) is 3.31. The molecule has 1 aliphatic rings. The van der Waals surface area contributed by atoms with Crippen molar-refractivity contribution in [1.29, 1.82) is 0 Å². The van der Waals surface area contributed by atoms with E-state index in [0.29, 0.717) is 35.4 Å². The molecular weight excluding hydrogens is 355 g/mol. The first-order valence-electron chi connectivity index (χ1n) is 7.46. The zero-order valence-corrected chi connectivity index (χ0v) is 15.0. The molecule has 0 bridgehead atoms. The van der Waals surface area contributed by atoms with E-state index in [9.17, 15) is 14.7 Å². The second kappa shape index (κ2) is 7.59. The Morgan fingerprint density at radius 1 is 1.42 bits per heavy atom. The van der Waals surface area contributed by atoms with Crippen molar-refractivity contribution in [3.8, 4) is 0 Å². The van der Waals surface area contributed by atoms with E-state index in [4.69, 9.17) is 27.9 Å². The highest BCUT2D eigenvalue weighted by Gasteiger charge is 2.36. The topological polar surface area (TPSA) is 78.9 Å². The van der Waals surface area contributed by atoms with E-state index in [1.807, 2.05) is 6.92 Å². The number of aliphatic carboxylic acids is 1. The summed E-state index contributed by atoms with van der Waals surface area (Å²) >= 11 is 11.9. The molecule has 2 amide bonds. The van der Waals surface area contributed by atoms with Crippen molar-refractivity contribution in [1.82, 2.24) is 10.2 Å². The zero-order chi connectivity index (χ0) is 17.9. The molecule has 2 N–H and O–H groups in total. The first-order valence-corrected chi connectivity index (χ1v) is 8.22. The van der Waals surface area contributed by atoms with Gasteiger partial charge in [-0.15, -0.1) is 0 Å². The maximum Gasteiger partial charge on any atom is 0.326 e. The molecule has 1 fully saturated rings. The van der Waals surface area contributed by atoms with Crippen LogP contribution < -0.4 is 5.32 Å². The van der Waals surface area contributed by atoms with E-state index in [1.54, 1.807) is 25.2 Å². The number of urea groups is 1. The Balaban J connectivity index is 1.99. The fourth-order valence-electron chi connectivity index (χ4n) is 2.55. The van der Waals surface area contributed by atoms with Crippen molar-refractivity contribution >= 4 is 35.2 Å². The third-order valence-electron chi connectivity index (χ3n) is 3.90. The van der Waals surface area contributed by atoms with Gasteiger partial charge in [0.15, 0.2) is 0 Å². The fourth-order valence-corrected chi connectivity index (χ4v) is 3.04. The molecule has 8 heteroatoms. The molecule has 0 radical (unpaired) electrons. The molecule has 24 heavy (non-hydrogen) atoms. The van der Waals surface area contributed by atoms with E-state index in [-0.39, 0.29) is 11.8 Å². The van der Waals surface area contributed by atoms with Crippen molar-refractivity contribution in [2.45, 2.75) is 19.4 Å². The van der Waals surface area contributed by atoms with Crippen molar-refractivity contribution < 1.29 is 19.4 Å². The lowest BCUT2D eigenvalue weighted by atomic mass is 9.88. The van der Waals surface area contributed by atoms with Crippen LogP contribution in [0.25, 0.3) is 0 Å². The number of carboxylic acid groups (broad SMARTS) is 1. The van der Waals surface area contributed by atoms with Crippen LogP contribution in [0.15, 0.2) is 18.2 Å². The van der Waals surface area contributed by atoms with Gasteiger partial charge in [0.05, 0.1) is 13.2 Å². The van der Waals surface area contributed by atoms with Gasteiger partial charge < -0.3 is 20.1 Å². The minimum atomic E-state index is -1.12. The molecule has 2 rings (SSSR count). The monoisotopic (exact) mass is 374 g/mol. The molecule has 132 valence electrons. The van der Waals surface area contributed by atoms with Gasteiger partial charge in [-0.3, -0.25) is 0 Å². The van der Waals surface area contributed by atoms with Gasteiger partial charge >= 0.3 is 12.0 Å². The van der Waals surface area contributed by atoms with Crippen LogP contribution in [0.3, 0.4) is 0 Å². The SMILES string of the molecule is CN(CC1(C)COC1)C(=O)N[C@H](Cc1ccc(Cl)cc1Cl)C(=O)O. The van der Waals surface area contributed by atoms with Crippen LogP contribution >= 0.6 is 23.2 Å². The van der Waals surface area contributed by atoms with Gasteiger partial charge in [-0.1, -0.05) is 36.2 Å². The van der Waals surface area contributed by atoms with Gasteiger partial charge in [0.1, 0.15) is 6.04 Å². The Morgan fingerprint density at radius 3 is 2.58 bits per heavy atom. The number of carbonyl (C=O) groups excluding carboxylic acids is 1. The number of ether oxygens (including phenoxy) is 1. The second-order valence-corrected chi connectivity index (χ2v) is 7.28. The number of nitrogens with one attached hydrogen (secondary N) is 1. The van der Waals surface area contributed by atoms with Crippen LogP contribution in [0, 0.1) is 5.41 Å². The van der Waals surface area contributed by atoms with E-state index in [2.05, 4.69) is 5.32 Å². The smallest absolute Gasteiger partial charge is 0.326 e. The quantitative estimate of drug-likeness (QED) is 0.801. The lowest BCUT2D eigenvalue weighted by Crippen LogP contribution is -2.53. The molecule has 0 saturated carbocycles. The summed E-state index contributed by atoms with van der Waals surface area (Å²) in [7, 11) is 1.63. The second-order valence-electron chi connectivity index (χ2n) is 6.44. The predicted octanol–water partition coefficient (Wildman–Crippen LogP) is 2.67. The molecule has 0 aromatic heterocycles. The molecule has 0 spiro atoms. The number of carboxylic acids is 1. The third kappa shape index (κ3) is 4.75. The summed E-state index contributed by atoms with van der Waals surface area (Å²) in [5.41, 5.74) is 0.528. The molecule has 1 saturated heterocycles. The number of halogens is 2. The average Bonchev–Trinajstić information content (AvgIpc) is 2.47. The molecule has 1 aliphatic heterocycles. The van der Waals surface area contributed by atoms with Crippen LogP contribution in [0.1, 0.15) is 12.5 Å². The highest BCUT2D eigenvalue weighted by Crippen LogP contribution is 2.27. The van der Waals surface area contributed by atoms with Crippen LogP contribution in [-0.4, -0.2) is 54.9 Å². The van der Waals surface area contributed by atoms with Crippen LogP contribution in [0.2, 0.25) is 10.0 Å². The van der Waals surface area contributed by atoms with Gasteiger partial charge in [0, 0.05) is 35.5 Å². The molecule has 1 atom stereocenters. The third-order valence-corrected chi connectivity index (χ3v) is 4.49. The van der Waals surface area contributed by atoms with E-state index in [1.165, 1.54) is 4.90 Å². The van der Waals surface area contributed by atoms with Crippen molar-refractivity contribution in [2.75, 3.05) is 26.8 Å². The maximum absolute atomic E-state index is 12.3. The lowest BCUT2D eigenvalue weighted by molar-refractivity contribution is -0.139. The van der Waals surface area contributed by atoms with Gasteiger partial charge in [-0.05, 0) is 17.7 Å².